The quantitative estimate of drug-likeness (QED) is 0.688. The second kappa shape index (κ2) is 5.20. The minimum atomic E-state index is 0.199. The van der Waals surface area contributed by atoms with Crippen LogP contribution in [0.15, 0.2) is 41.8 Å². The van der Waals surface area contributed by atoms with Crippen molar-refractivity contribution in [3.05, 3.63) is 41.6 Å². The van der Waals surface area contributed by atoms with Gasteiger partial charge >= 0.3 is 0 Å². The maximum atomic E-state index is 11.2. The minimum absolute atomic E-state index is 0.199. The van der Waals surface area contributed by atoms with Crippen molar-refractivity contribution in [1.29, 1.82) is 0 Å². The first-order chi connectivity index (χ1) is 10.3. The lowest BCUT2D eigenvalue weighted by Crippen LogP contribution is -1.91. The molecule has 0 N–H and O–H groups in total. The van der Waals surface area contributed by atoms with E-state index in [4.69, 9.17) is 9.47 Å². The second-order valence-electron chi connectivity index (χ2n) is 4.23. The third kappa shape index (κ3) is 2.08. The molecule has 3 rings (SSSR count). The first kappa shape index (κ1) is 13.0. The zero-order valence-corrected chi connectivity index (χ0v) is 11.5. The Bertz CT molecular complexity index is 813. The highest BCUT2D eigenvalue weighted by atomic mass is 16.5. The summed E-state index contributed by atoms with van der Waals surface area (Å²) in [6, 6.07) is 7.00. The van der Waals surface area contributed by atoms with Gasteiger partial charge in [0.15, 0.2) is 11.5 Å². The Kier molecular flexibility index (Phi) is 3.23. The van der Waals surface area contributed by atoms with E-state index in [1.807, 2.05) is 0 Å². The summed E-state index contributed by atoms with van der Waals surface area (Å²) in [7, 11) is 3.11. The Hall–Kier alpha value is -2.96. The molecule has 2 heterocycles. The molecule has 7 heteroatoms. The largest absolute Gasteiger partial charge is 0.493 e. The van der Waals surface area contributed by atoms with E-state index >= 15 is 0 Å². The average molecular weight is 284 g/mol. The zero-order chi connectivity index (χ0) is 14.8. The van der Waals surface area contributed by atoms with Crippen LogP contribution in [0.3, 0.4) is 0 Å². The van der Waals surface area contributed by atoms with Crippen LogP contribution in [0.1, 0.15) is 0 Å². The Morgan fingerprint density at radius 1 is 1.19 bits per heavy atom. The molecule has 0 spiro atoms. The van der Waals surface area contributed by atoms with Gasteiger partial charge in [0.05, 0.1) is 14.2 Å². The van der Waals surface area contributed by atoms with Gasteiger partial charge in [0.2, 0.25) is 11.6 Å². The summed E-state index contributed by atoms with van der Waals surface area (Å²) >= 11 is 0. The predicted octanol–water partition coefficient (Wildman–Crippen LogP) is 2.81. The average Bonchev–Trinajstić information content (AvgIpc) is 2.92. The fraction of sp³-hybridized carbons (Fsp3) is 0.143. The molecule has 0 aliphatic rings. The summed E-state index contributed by atoms with van der Waals surface area (Å²) in [5.41, 5.74) is 1.15. The number of imidazole rings is 1. The molecule has 0 fully saturated rings. The summed E-state index contributed by atoms with van der Waals surface area (Å²) in [5, 5.41) is 3.07. The standard InChI is InChI=1S/C14H12N4O3/c1-20-10-5-4-9(8-11(10)21-2)12-13(17-19)18-7-3-6-15-14(18)16-12/h3-8H,1-2H3. The molecule has 1 aromatic carbocycles. The summed E-state index contributed by atoms with van der Waals surface area (Å²) in [6.45, 7) is 0. The monoisotopic (exact) mass is 284 g/mol. The number of hydrogen-bond acceptors (Lipinski definition) is 6. The van der Waals surface area contributed by atoms with E-state index in [1.165, 1.54) is 0 Å². The molecule has 0 amide bonds. The molecule has 0 radical (unpaired) electrons. The van der Waals surface area contributed by atoms with Crippen molar-refractivity contribution in [1.82, 2.24) is 14.4 Å². The van der Waals surface area contributed by atoms with Gasteiger partial charge in [-0.15, -0.1) is 4.91 Å². The van der Waals surface area contributed by atoms with E-state index in [0.29, 0.717) is 28.5 Å². The fourth-order valence-corrected chi connectivity index (χ4v) is 2.14. The molecule has 106 valence electrons. The van der Waals surface area contributed by atoms with E-state index in [2.05, 4.69) is 15.1 Å². The number of ether oxygens (including phenoxy) is 2. The molecular weight excluding hydrogens is 272 g/mol. The number of methoxy groups -OCH3 is 2. The Morgan fingerprint density at radius 3 is 2.71 bits per heavy atom. The van der Waals surface area contributed by atoms with Gasteiger partial charge in [0.1, 0.15) is 5.69 Å². The van der Waals surface area contributed by atoms with Crippen LogP contribution in [0.25, 0.3) is 17.0 Å². The number of hydrogen-bond donors (Lipinski definition) is 0. The van der Waals surface area contributed by atoms with Crippen LogP contribution in [0.2, 0.25) is 0 Å². The third-order valence-corrected chi connectivity index (χ3v) is 3.12. The first-order valence-corrected chi connectivity index (χ1v) is 6.17. The van der Waals surface area contributed by atoms with Crippen LogP contribution in [0.5, 0.6) is 11.5 Å². The topological polar surface area (TPSA) is 78.1 Å². The molecule has 0 bridgehead atoms. The summed E-state index contributed by atoms with van der Waals surface area (Å²) in [6.07, 6.45) is 3.30. The van der Waals surface area contributed by atoms with Gasteiger partial charge in [-0.2, -0.15) is 0 Å². The van der Waals surface area contributed by atoms with Crippen molar-refractivity contribution in [3.63, 3.8) is 0 Å². The number of nitroso groups, excluding NO2 is 1. The van der Waals surface area contributed by atoms with Crippen molar-refractivity contribution in [3.8, 4) is 22.8 Å². The van der Waals surface area contributed by atoms with Crippen LogP contribution in [0, 0.1) is 4.91 Å². The van der Waals surface area contributed by atoms with Crippen molar-refractivity contribution in [2.24, 2.45) is 5.18 Å². The molecule has 7 nitrogen and oxygen atoms in total. The maximum absolute atomic E-state index is 11.2. The van der Waals surface area contributed by atoms with Gasteiger partial charge in [-0.25, -0.2) is 9.97 Å². The normalized spacial score (nSPS) is 10.6. The molecule has 2 aromatic heterocycles. The summed E-state index contributed by atoms with van der Waals surface area (Å²) in [4.78, 5) is 19.6. The molecule has 0 saturated heterocycles. The van der Waals surface area contributed by atoms with Crippen LogP contribution >= 0.6 is 0 Å². The predicted molar refractivity (Wildman–Crippen MR) is 77.0 cm³/mol. The molecular formula is C14H12N4O3. The lowest BCUT2D eigenvalue weighted by atomic mass is 10.1. The number of fused-ring (bicyclic) bond motifs is 1. The van der Waals surface area contributed by atoms with Crippen LogP contribution < -0.4 is 9.47 Å². The molecule has 0 aliphatic carbocycles. The number of aromatic nitrogens is 3. The molecule has 0 atom stereocenters. The van der Waals surface area contributed by atoms with Gasteiger partial charge in [-0.3, -0.25) is 4.40 Å². The number of rotatable bonds is 4. The van der Waals surface area contributed by atoms with Crippen molar-refractivity contribution in [2.75, 3.05) is 14.2 Å². The highest BCUT2D eigenvalue weighted by Gasteiger charge is 2.17. The van der Waals surface area contributed by atoms with E-state index in [-0.39, 0.29) is 5.82 Å². The van der Waals surface area contributed by atoms with Gasteiger partial charge < -0.3 is 9.47 Å². The van der Waals surface area contributed by atoms with E-state index in [1.54, 1.807) is 55.3 Å². The molecule has 0 aliphatic heterocycles. The zero-order valence-electron chi connectivity index (χ0n) is 11.5. The van der Waals surface area contributed by atoms with Crippen molar-refractivity contribution >= 4 is 11.6 Å². The van der Waals surface area contributed by atoms with Crippen molar-refractivity contribution < 1.29 is 9.47 Å². The lowest BCUT2D eigenvalue weighted by molar-refractivity contribution is 0.355. The SMILES string of the molecule is COc1ccc(-c2nc3ncccn3c2N=O)cc1OC. The first-order valence-electron chi connectivity index (χ1n) is 6.17. The van der Waals surface area contributed by atoms with Gasteiger partial charge in [-0.1, -0.05) is 0 Å². The van der Waals surface area contributed by atoms with Gasteiger partial charge in [-0.05, 0) is 29.4 Å². The highest BCUT2D eigenvalue weighted by Crippen LogP contribution is 2.36. The van der Waals surface area contributed by atoms with Crippen LogP contribution in [0.4, 0.5) is 5.82 Å². The second-order valence-corrected chi connectivity index (χ2v) is 4.23. The van der Waals surface area contributed by atoms with Gasteiger partial charge in [0.25, 0.3) is 0 Å². The molecule has 0 unspecified atom stereocenters. The Balaban J connectivity index is 2.22. The molecule has 21 heavy (non-hydrogen) atoms. The highest BCUT2D eigenvalue weighted by molar-refractivity contribution is 5.75. The van der Waals surface area contributed by atoms with E-state index in [0.717, 1.165) is 0 Å². The molecule has 0 saturated carbocycles. The summed E-state index contributed by atoms with van der Waals surface area (Å²) in [5.74, 6) is 1.77. The smallest absolute Gasteiger partial charge is 0.236 e. The lowest BCUT2D eigenvalue weighted by Gasteiger charge is -2.08. The van der Waals surface area contributed by atoms with E-state index < -0.39 is 0 Å². The fourth-order valence-electron chi connectivity index (χ4n) is 2.14. The van der Waals surface area contributed by atoms with Crippen molar-refractivity contribution in [2.45, 2.75) is 0 Å². The Morgan fingerprint density at radius 2 is 2.00 bits per heavy atom. The summed E-state index contributed by atoms with van der Waals surface area (Å²) < 4.78 is 12.0. The molecule has 3 aromatic rings. The van der Waals surface area contributed by atoms with Gasteiger partial charge in [0, 0.05) is 18.0 Å². The maximum Gasteiger partial charge on any atom is 0.236 e. The van der Waals surface area contributed by atoms with Crippen LogP contribution in [-0.2, 0) is 0 Å². The van der Waals surface area contributed by atoms with E-state index in [9.17, 15) is 4.91 Å². The Labute approximate surface area is 120 Å². The number of nitrogens with zero attached hydrogens (tertiary/aromatic N) is 4. The van der Waals surface area contributed by atoms with Crippen LogP contribution in [-0.4, -0.2) is 28.6 Å². The third-order valence-electron chi connectivity index (χ3n) is 3.12. The number of benzene rings is 1. The minimum Gasteiger partial charge on any atom is -0.493 e.